The van der Waals surface area contributed by atoms with Crippen molar-refractivity contribution >= 4 is 21.7 Å². The number of hydrogen-bond acceptors (Lipinski definition) is 1. The third-order valence-corrected chi connectivity index (χ3v) is 3.91. The van der Waals surface area contributed by atoms with Gasteiger partial charge in [-0.15, -0.1) is 0 Å². The van der Waals surface area contributed by atoms with Gasteiger partial charge < -0.3 is 0 Å². The van der Waals surface area contributed by atoms with Gasteiger partial charge in [-0.25, -0.2) is 4.39 Å². The van der Waals surface area contributed by atoms with Crippen LogP contribution in [0.2, 0.25) is 0 Å². The maximum Gasteiger partial charge on any atom is 0.193 e. The molecule has 98 valence electrons. The minimum Gasteiger partial charge on any atom is -0.289 e. The molecule has 2 rings (SSSR count). The fraction of sp³-hybridized carbons (Fsp3) is 0.188. The number of carbonyl (C=O) groups is 1. The standard InChI is InChI=1S/C16H14BrFO/c1-9-4-12(8-13(18)5-9)16(19)14-6-11(3)15(17)7-10(14)2/h4-8H,1-3H3. The number of hydrogen-bond donors (Lipinski definition) is 0. The van der Waals surface area contributed by atoms with E-state index in [-0.39, 0.29) is 11.6 Å². The number of ketones is 1. The van der Waals surface area contributed by atoms with Gasteiger partial charge in [0.15, 0.2) is 5.78 Å². The van der Waals surface area contributed by atoms with E-state index < -0.39 is 0 Å². The molecule has 0 atom stereocenters. The molecule has 0 saturated carbocycles. The summed E-state index contributed by atoms with van der Waals surface area (Å²) in [5, 5.41) is 0. The van der Waals surface area contributed by atoms with Crippen molar-refractivity contribution in [2.45, 2.75) is 20.8 Å². The quantitative estimate of drug-likeness (QED) is 0.730. The summed E-state index contributed by atoms with van der Waals surface area (Å²) in [6.07, 6.45) is 0. The molecule has 0 N–H and O–H groups in total. The molecule has 0 aromatic heterocycles. The fourth-order valence-corrected chi connectivity index (χ4v) is 2.51. The summed E-state index contributed by atoms with van der Waals surface area (Å²) in [6.45, 7) is 5.58. The van der Waals surface area contributed by atoms with Gasteiger partial charge in [0.2, 0.25) is 0 Å². The summed E-state index contributed by atoms with van der Waals surface area (Å²) in [5.41, 5.74) is 3.62. The van der Waals surface area contributed by atoms with E-state index in [1.54, 1.807) is 13.0 Å². The first-order chi connectivity index (χ1) is 8.88. The topological polar surface area (TPSA) is 17.1 Å². The molecular formula is C16H14BrFO. The van der Waals surface area contributed by atoms with Gasteiger partial charge in [-0.3, -0.25) is 4.79 Å². The van der Waals surface area contributed by atoms with Gasteiger partial charge in [-0.05, 0) is 67.8 Å². The summed E-state index contributed by atoms with van der Waals surface area (Å²) < 4.78 is 14.4. The normalized spacial score (nSPS) is 10.6. The van der Waals surface area contributed by atoms with Crippen molar-refractivity contribution in [1.29, 1.82) is 0 Å². The molecule has 0 bridgehead atoms. The van der Waals surface area contributed by atoms with E-state index in [2.05, 4.69) is 15.9 Å². The van der Waals surface area contributed by atoms with Crippen molar-refractivity contribution in [3.63, 3.8) is 0 Å². The van der Waals surface area contributed by atoms with Gasteiger partial charge in [0, 0.05) is 15.6 Å². The van der Waals surface area contributed by atoms with E-state index in [4.69, 9.17) is 0 Å². The molecule has 0 aliphatic heterocycles. The SMILES string of the molecule is Cc1cc(F)cc(C(=O)c2cc(C)c(Br)cc2C)c1. The lowest BCUT2D eigenvalue weighted by Gasteiger charge is -2.09. The molecular weight excluding hydrogens is 307 g/mol. The highest BCUT2D eigenvalue weighted by molar-refractivity contribution is 9.10. The third kappa shape index (κ3) is 2.92. The molecule has 0 unspecified atom stereocenters. The Hall–Kier alpha value is -1.48. The zero-order valence-corrected chi connectivity index (χ0v) is 12.6. The Labute approximate surface area is 120 Å². The molecule has 0 radical (unpaired) electrons. The van der Waals surface area contributed by atoms with Crippen LogP contribution in [0.1, 0.15) is 32.6 Å². The molecule has 0 spiro atoms. The van der Waals surface area contributed by atoms with Crippen molar-refractivity contribution in [3.05, 3.63) is 68.4 Å². The number of carbonyl (C=O) groups excluding carboxylic acids is 1. The second-order valence-electron chi connectivity index (χ2n) is 4.76. The van der Waals surface area contributed by atoms with Crippen LogP contribution >= 0.6 is 15.9 Å². The van der Waals surface area contributed by atoms with Crippen LogP contribution in [0, 0.1) is 26.6 Å². The highest BCUT2D eigenvalue weighted by atomic mass is 79.9. The molecule has 0 heterocycles. The number of halogens is 2. The number of benzene rings is 2. The van der Waals surface area contributed by atoms with Gasteiger partial charge in [-0.1, -0.05) is 15.9 Å². The van der Waals surface area contributed by atoms with Gasteiger partial charge >= 0.3 is 0 Å². The highest BCUT2D eigenvalue weighted by Crippen LogP contribution is 2.23. The lowest BCUT2D eigenvalue weighted by Crippen LogP contribution is -2.05. The second kappa shape index (κ2) is 5.25. The maximum atomic E-state index is 13.4. The Balaban J connectivity index is 2.53. The van der Waals surface area contributed by atoms with Crippen LogP contribution in [0.4, 0.5) is 4.39 Å². The van der Waals surface area contributed by atoms with Crippen molar-refractivity contribution in [2.24, 2.45) is 0 Å². The van der Waals surface area contributed by atoms with Crippen LogP contribution in [0.3, 0.4) is 0 Å². The summed E-state index contributed by atoms with van der Waals surface area (Å²) >= 11 is 3.44. The average molecular weight is 321 g/mol. The van der Waals surface area contributed by atoms with E-state index in [1.165, 1.54) is 12.1 Å². The van der Waals surface area contributed by atoms with E-state index >= 15 is 0 Å². The first-order valence-electron chi connectivity index (χ1n) is 5.97. The van der Waals surface area contributed by atoms with E-state index in [9.17, 15) is 9.18 Å². The third-order valence-electron chi connectivity index (χ3n) is 3.05. The monoisotopic (exact) mass is 320 g/mol. The summed E-state index contributed by atoms with van der Waals surface area (Å²) in [4.78, 5) is 12.5. The summed E-state index contributed by atoms with van der Waals surface area (Å²) in [5.74, 6) is -0.523. The lowest BCUT2D eigenvalue weighted by atomic mass is 9.96. The van der Waals surface area contributed by atoms with Crippen LogP contribution in [0.5, 0.6) is 0 Å². The Morgan fingerprint density at radius 2 is 1.68 bits per heavy atom. The summed E-state index contributed by atoms with van der Waals surface area (Å²) in [6, 6.07) is 8.15. The smallest absolute Gasteiger partial charge is 0.193 e. The fourth-order valence-electron chi connectivity index (χ4n) is 2.05. The Kier molecular flexibility index (Phi) is 3.85. The van der Waals surface area contributed by atoms with Crippen molar-refractivity contribution in [3.8, 4) is 0 Å². The minimum absolute atomic E-state index is 0.143. The molecule has 0 amide bonds. The van der Waals surface area contributed by atoms with Gasteiger partial charge in [-0.2, -0.15) is 0 Å². The maximum absolute atomic E-state index is 13.4. The molecule has 3 heteroatoms. The number of rotatable bonds is 2. The Morgan fingerprint density at radius 1 is 1.00 bits per heavy atom. The van der Waals surface area contributed by atoms with Crippen LogP contribution in [0.15, 0.2) is 34.8 Å². The molecule has 0 fully saturated rings. The molecule has 0 aliphatic carbocycles. The first kappa shape index (κ1) is 13.9. The van der Waals surface area contributed by atoms with Crippen molar-refractivity contribution in [2.75, 3.05) is 0 Å². The van der Waals surface area contributed by atoms with Gasteiger partial charge in [0.05, 0.1) is 0 Å². The van der Waals surface area contributed by atoms with Crippen LogP contribution < -0.4 is 0 Å². The molecule has 0 aliphatic rings. The van der Waals surface area contributed by atoms with Crippen molar-refractivity contribution in [1.82, 2.24) is 0 Å². The van der Waals surface area contributed by atoms with E-state index in [0.717, 1.165) is 21.2 Å². The molecule has 0 saturated heterocycles. The number of aryl methyl sites for hydroxylation is 3. The minimum atomic E-state index is -0.380. The van der Waals surface area contributed by atoms with E-state index in [0.29, 0.717) is 11.1 Å². The predicted molar refractivity (Wildman–Crippen MR) is 78.2 cm³/mol. The zero-order valence-electron chi connectivity index (χ0n) is 11.1. The van der Waals surface area contributed by atoms with E-state index in [1.807, 2.05) is 26.0 Å². The van der Waals surface area contributed by atoms with Crippen LogP contribution in [-0.4, -0.2) is 5.78 Å². The predicted octanol–water partition coefficient (Wildman–Crippen LogP) is 4.74. The first-order valence-corrected chi connectivity index (χ1v) is 6.76. The Morgan fingerprint density at radius 3 is 2.32 bits per heavy atom. The zero-order chi connectivity index (χ0) is 14.2. The summed E-state index contributed by atoms with van der Waals surface area (Å²) in [7, 11) is 0. The highest BCUT2D eigenvalue weighted by Gasteiger charge is 2.14. The lowest BCUT2D eigenvalue weighted by molar-refractivity contribution is 0.103. The molecule has 2 aromatic rings. The molecule has 19 heavy (non-hydrogen) atoms. The van der Waals surface area contributed by atoms with Crippen molar-refractivity contribution < 1.29 is 9.18 Å². The average Bonchev–Trinajstić information content (AvgIpc) is 2.31. The van der Waals surface area contributed by atoms with Crippen LogP contribution in [-0.2, 0) is 0 Å². The van der Waals surface area contributed by atoms with Gasteiger partial charge in [0.1, 0.15) is 5.82 Å². The molecule has 1 nitrogen and oxygen atoms in total. The molecule has 2 aromatic carbocycles. The largest absolute Gasteiger partial charge is 0.289 e. The van der Waals surface area contributed by atoms with Crippen LogP contribution in [0.25, 0.3) is 0 Å². The Bertz CT molecular complexity index is 642. The second-order valence-corrected chi connectivity index (χ2v) is 5.62. The van der Waals surface area contributed by atoms with Gasteiger partial charge in [0.25, 0.3) is 0 Å².